The molecule has 0 fully saturated rings. The van der Waals surface area contributed by atoms with E-state index in [0.717, 1.165) is 16.7 Å². The number of benzene rings is 3. The van der Waals surface area contributed by atoms with Crippen LogP contribution in [0.3, 0.4) is 0 Å². The molecular weight excluding hydrogens is 444 g/mol. The van der Waals surface area contributed by atoms with Crippen molar-refractivity contribution >= 4 is 23.3 Å². The predicted octanol–water partition coefficient (Wildman–Crippen LogP) is 3.95. The van der Waals surface area contributed by atoms with Crippen LogP contribution in [0.4, 0.5) is 5.69 Å². The van der Waals surface area contributed by atoms with E-state index in [9.17, 15) is 14.4 Å². The average Bonchev–Trinajstić information content (AvgIpc) is 2.85. The van der Waals surface area contributed by atoms with Gasteiger partial charge < -0.3 is 14.4 Å². The number of ketones is 1. The van der Waals surface area contributed by atoms with E-state index in [1.165, 1.54) is 4.90 Å². The molecule has 2 amide bonds. The summed E-state index contributed by atoms with van der Waals surface area (Å²) in [5.74, 6) is 0.308. The predicted molar refractivity (Wildman–Crippen MR) is 133 cm³/mol. The third kappa shape index (κ3) is 5.69. The molecule has 180 valence electrons. The summed E-state index contributed by atoms with van der Waals surface area (Å²) < 4.78 is 11.3. The number of anilines is 1. The Morgan fingerprint density at radius 1 is 1.03 bits per heavy atom. The molecule has 35 heavy (non-hydrogen) atoms. The molecular formula is C28H28N2O5. The molecule has 0 bridgehead atoms. The van der Waals surface area contributed by atoms with Gasteiger partial charge in [-0.15, -0.1) is 0 Å². The Labute approximate surface area is 204 Å². The van der Waals surface area contributed by atoms with Crippen LogP contribution >= 0.6 is 0 Å². The highest BCUT2D eigenvalue weighted by molar-refractivity contribution is 6.04. The standard InChI is InChI=1S/C28H28N2O5/c1-19-9-11-25(20(2)13-19)34-17-24(31)22-10-12-26-23(14-22)30(28(33)18-35-26)16-27(32)29(3)15-21-7-5-4-6-8-21/h4-14H,15-18H2,1-3H3. The third-order valence-electron chi connectivity index (χ3n) is 5.89. The van der Waals surface area contributed by atoms with Crippen LogP contribution in [0, 0.1) is 13.8 Å². The van der Waals surface area contributed by atoms with Crippen molar-refractivity contribution in [1.82, 2.24) is 4.90 Å². The molecule has 3 aromatic carbocycles. The van der Waals surface area contributed by atoms with E-state index in [4.69, 9.17) is 9.47 Å². The van der Waals surface area contributed by atoms with E-state index in [1.807, 2.05) is 62.4 Å². The molecule has 1 aliphatic heterocycles. The Morgan fingerprint density at radius 3 is 2.54 bits per heavy atom. The minimum atomic E-state index is -0.338. The van der Waals surface area contributed by atoms with E-state index in [0.29, 0.717) is 29.3 Å². The number of hydrogen-bond donors (Lipinski definition) is 0. The number of likely N-dealkylation sites (N-methyl/N-ethyl adjacent to an activating group) is 1. The average molecular weight is 473 g/mol. The molecule has 7 nitrogen and oxygen atoms in total. The maximum absolute atomic E-state index is 12.9. The summed E-state index contributed by atoms with van der Waals surface area (Å²) in [5, 5.41) is 0. The van der Waals surface area contributed by atoms with Gasteiger partial charge in [-0.3, -0.25) is 19.3 Å². The van der Waals surface area contributed by atoms with Gasteiger partial charge in [0.15, 0.2) is 19.0 Å². The fourth-order valence-electron chi connectivity index (χ4n) is 3.94. The van der Waals surface area contributed by atoms with E-state index in [1.54, 1.807) is 30.1 Å². The number of Topliss-reactive ketones (excluding diaryl/α,β-unsaturated/α-hetero) is 1. The first-order chi connectivity index (χ1) is 16.8. The summed E-state index contributed by atoms with van der Waals surface area (Å²) in [7, 11) is 1.70. The third-order valence-corrected chi connectivity index (χ3v) is 5.89. The van der Waals surface area contributed by atoms with Gasteiger partial charge in [0.2, 0.25) is 5.91 Å². The van der Waals surface area contributed by atoms with Crippen molar-refractivity contribution < 1.29 is 23.9 Å². The Hall–Kier alpha value is -4.13. The molecule has 4 rings (SSSR count). The van der Waals surface area contributed by atoms with Gasteiger partial charge in [0.05, 0.1) is 5.69 Å². The molecule has 3 aromatic rings. The summed E-state index contributed by atoms with van der Waals surface area (Å²) in [4.78, 5) is 41.4. The van der Waals surface area contributed by atoms with Gasteiger partial charge >= 0.3 is 0 Å². The molecule has 0 radical (unpaired) electrons. The van der Waals surface area contributed by atoms with Crippen molar-refractivity contribution in [3.63, 3.8) is 0 Å². The van der Waals surface area contributed by atoms with Crippen LogP contribution in [-0.2, 0) is 16.1 Å². The minimum Gasteiger partial charge on any atom is -0.485 e. The fourth-order valence-corrected chi connectivity index (χ4v) is 3.94. The highest BCUT2D eigenvalue weighted by Crippen LogP contribution is 2.33. The molecule has 1 aliphatic rings. The lowest BCUT2D eigenvalue weighted by Crippen LogP contribution is -2.45. The Kier molecular flexibility index (Phi) is 7.15. The van der Waals surface area contributed by atoms with Crippen LogP contribution in [0.5, 0.6) is 11.5 Å². The van der Waals surface area contributed by atoms with Crippen LogP contribution in [0.2, 0.25) is 0 Å². The molecule has 0 saturated carbocycles. The number of fused-ring (bicyclic) bond motifs is 1. The molecule has 0 N–H and O–H groups in total. The van der Waals surface area contributed by atoms with Crippen molar-refractivity contribution in [2.75, 3.05) is 31.7 Å². The van der Waals surface area contributed by atoms with Crippen molar-refractivity contribution in [2.45, 2.75) is 20.4 Å². The summed E-state index contributed by atoms with van der Waals surface area (Å²) in [6.45, 7) is 3.91. The number of amides is 2. The SMILES string of the molecule is Cc1ccc(OCC(=O)c2ccc3c(c2)N(CC(=O)N(C)Cc2ccccc2)C(=O)CO3)c(C)c1. The number of ether oxygens (including phenoxy) is 2. The molecule has 0 saturated heterocycles. The van der Waals surface area contributed by atoms with Gasteiger partial charge in [-0.2, -0.15) is 0 Å². The van der Waals surface area contributed by atoms with Crippen molar-refractivity contribution in [3.05, 3.63) is 89.0 Å². The Morgan fingerprint density at radius 2 is 1.80 bits per heavy atom. The summed E-state index contributed by atoms with van der Waals surface area (Å²) in [6, 6.07) is 20.3. The van der Waals surface area contributed by atoms with Gasteiger partial charge in [-0.1, -0.05) is 48.0 Å². The second kappa shape index (κ2) is 10.4. The zero-order chi connectivity index (χ0) is 24.9. The molecule has 0 spiro atoms. The monoisotopic (exact) mass is 472 g/mol. The largest absolute Gasteiger partial charge is 0.485 e. The second-order valence-corrected chi connectivity index (χ2v) is 8.67. The quantitative estimate of drug-likeness (QED) is 0.464. The van der Waals surface area contributed by atoms with Gasteiger partial charge in [-0.25, -0.2) is 0 Å². The van der Waals surface area contributed by atoms with Crippen molar-refractivity contribution in [3.8, 4) is 11.5 Å². The topological polar surface area (TPSA) is 76.2 Å². The lowest BCUT2D eigenvalue weighted by molar-refractivity contribution is -0.131. The zero-order valence-electron chi connectivity index (χ0n) is 20.1. The Bertz CT molecular complexity index is 1260. The van der Waals surface area contributed by atoms with Gasteiger partial charge in [0.1, 0.15) is 18.0 Å². The van der Waals surface area contributed by atoms with Gasteiger partial charge in [0, 0.05) is 19.2 Å². The van der Waals surface area contributed by atoms with Crippen LogP contribution in [-0.4, -0.2) is 49.3 Å². The van der Waals surface area contributed by atoms with E-state index in [2.05, 4.69) is 0 Å². The maximum Gasteiger partial charge on any atom is 0.265 e. The zero-order valence-corrected chi connectivity index (χ0v) is 20.1. The number of rotatable bonds is 8. The maximum atomic E-state index is 12.9. The van der Waals surface area contributed by atoms with E-state index in [-0.39, 0.29) is 37.4 Å². The first-order valence-electron chi connectivity index (χ1n) is 11.4. The minimum absolute atomic E-state index is 0.143. The van der Waals surface area contributed by atoms with Crippen LogP contribution in [0.25, 0.3) is 0 Å². The van der Waals surface area contributed by atoms with E-state index < -0.39 is 0 Å². The normalized spacial score (nSPS) is 12.5. The first kappa shape index (κ1) is 24.0. The number of carbonyl (C=O) groups is 3. The number of nitrogens with zero attached hydrogens (tertiary/aromatic N) is 2. The van der Waals surface area contributed by atoms with Gasteiger partial charge in [-0.05, 0) is 49.2 Å². The van der Waals surface area contributed by atoms with E-state index >= 15 is 0 Å². The molecule has 0 atom stereocenters. The first-order valence-corrected chi connectivity index (χ1v) is 11.4. The molecule has 0 aliphatic carbocycles. The van der Waals surface area contributed by atoms with Crippen LogP contribution in [0.1, 0.15) is 27.0 Å². The van der Waals surface area contributed by atoms with Crippen LogP contribution < -0.4 is 14.4 Å². The number of carbonyl (C=O) groups excluding carboxylic acids is 3. The smallest absolute Gasteiger partial charge is 0.265 e. The van der Waals surface area contributed by atoms with Crippen molar-refractivity contribution in [1.29, 1.82) is 0 Å². The second-order valence-electron chi connectivity index (χ2n) is 8.67. The summed E-state index contributed by atoms with van der Waals surface area (Å²) in [5.41, 5.74) is 3.84. The molecule has 1 heterocycles. The Balaban J connectivity index is 1.47. The fraction of sp³-hybridized carbons (Fsp3) is 0.250. The highest BCUT2D eigenvalue weighted by atomic mass is 16.5. The molecule has 7 heteroatoms. The van der Waals surface area contributed by atoms with Crippen LogP contribution in [0.15, 0.2) is 66.7 Å². The molecule has 0 aromatic heterocycles. The number of aryl methyl sites for hydroxylation is 2. The summed E-state index contributed by atoms with van der Waals surface area (Å²) in [6.07, 6.45) is 0. The molecule has 0 unspecified atom stereocenters. The summed E-state index contributed by atoms with van der Waals surface area (Å²) >= 11 is 0. The lowest BCUT2D eigenvalue weighted by Gasteiger charge is -2.30. The number of hydrogen-bond acceptors (Lipinski definition) is 5. The lowest BCUT2D eigenvalue weighted by atomic mass is 10.1. The van der Waals surface area contributed by atoms with Gasteiger partial charge in [0.25, 0.3) is 5.91 Å². The highest BCUT2D eigenvalue weighted by Gasteiger charge is 2.29. The van der Waals surface area contributed by atoms with Crippen molar-refractivity contribution in [2.24, 2.45) is 0 Å².